The summed E-state index contributed by atoms with van der Waals surface area (Å²) in [5.41, 5.74) is 1.43. The molecule has 0 spiro atoms. The molecule has 1 aromatic heterocycles. The Kier molecular flexibility index (Phi) is 3.94. The van der Waals surface area contributed by atoms with E-state index in [4.69, 9.17) is 9.68 Å². The Labute approximate surface area is 110 Å². The topological polar surface area (TPSA) is 78.9 Å². The Bertz CT molecular complexity index is 619. The van der Waals surface area contributed by atoms with Gasteiger partial charge in [0.05, 0.1) is 12.5 Å². The van der Waals surface area contributed by atoms with Gasteiger partial charge in [0, 0.05) is 18.2 Å². The van der Waals surface area contributed by atoms with Crippen molar-refractivity contribution < 1.29 is 9.21 Å². The van der Waals surface area contributed by atoms with Crippen molar-refractivity contribution in [3.8, 4) is 6.07 Å². The zero-order chi connectivity index (χ0) is 13.7. The number of rotatable bonds is 4. The first-order chi connectivity index (χ1) is 9.19. The van der Waals surface area contributed by atoms with Crippen LogP contribution in [0.4, 0.5) is 0 Å². The number of oxazole rings is 1. The first kappa shape index (κ1) is 12.8. The van der Waals surface area contributed by atoms with Crippen molar-refractivity contribution in [3.63, 3.8) is 0 Å². The average molecular weight is 255 g/mol. The lowest BCUT2D eigenvalue weighted by Gasteiger charge is -2.06. The summed E-state index contributed by atoms with van der Waals surface area (Å²) in [5.74, 6) is 0.106. The van der Waals surface area contributed by atoms with Crippen molar-refractivity contribution in [1.29, 1.82) is 5.26 Å². The van der Waals surface area contributed by atoms with Crippen LogP contribution in [0.1, 0.15) is 19.2 Å². The second-order valence-electron chi connectivity index (χ2n) is 4.13. The number of para-hydroxylation sites is 2. The van der Waals surface area contributed by atoms with E-state index in [2.05, 4.69) is 10.3 Å². The first-order valence-corrected chi connectivity index (χ1v) is 5.90. The van der Waals surface area contributed by atoms with Crippen LogP contribution in [0.15, 0.2) is 34.8 Å². The van der Waals surface area contributed by atoms with E-state index in [0.717, 1.165) is 5.52 Å². The number of nitriles is 1. The minimum absolute atomic E-state index is 0.175. The number of nitrogens with one attached hydrogen (secondary N) is 1. The van der Waals surface area contributed by atoms with Gasteiger partial charge in [-0.15, -0.1) is 0 Å². The summed E-state index contributed by atoms with van der Waals surface area (Å²) in [5, 5.41) is 11.2. The van der Waals surface area contributed by atoms with Gasteiger partial charge in [-0.3, -0.25) is 4.79 Å². The highest BCUT2D eigenvalue weighted by atomic mass is 16.3. The van der Waals surface area contributed by atoms with Crippen LogP contribution >= 0.6 is 0 Å². The number of amides is 1. The average Bonchev–Trinajstić information content (AvgIpc) is 2.79. The highest BCUT2D eigenvalue weighted by Crippen LogP contribution is 2.15. The van der Waals surface area contributed by atoms with E-state index in [1.807, 2.05) is 30.3 Å². The number of hydrogen-bond acceptors (Lipinski definition) is 4. The second kappa shape index (κ2) is 5.83. The van der Waals surface area contributed by atoms with E-state index >= 15 is 0 Å². The lowest BCUT2D eigenvalue weighted by Crippen LogP contribution is -2.30. The van der Waals surface area contributed by atoms with Gasteiger partial charge in [0.15, 0.2) is 5.58 Å². The first-order valence-electron chi connectivity index (χ1n) is 5.90. The van der Waals surface area contributed by atoms with Crippen LogP contribution in [0.5, 0.6) is 0 Å². The summed E-state index contributed by atoms with van der Waals surface area (Å²) >= 11 is 0. The van der Waals surface area contributed by atoms with E-state index < -0.39 is 0 Å². The third-order valence-corrected chi connectivity index (χ3v) is 2.47. The predicted molar refractivity (Wildman–Crippen MR) is 70.9 cm³/mol. The van der Waals surface area contributed by atoms with Crippen LogP contribution in [0, 0.1) is 11.3 Å². The minimum atomic E-state index is -0.273. The summed E-state index contributed by atoms with van der Waals surface area (Å²) in [6.07, 6.45) is 3.13. The molecule has 0 aliphatic rings. The molecule has 5 nitrogen and oxygen atoms in total. The molecule has 1 amide bonds. The van der Waals surface area contributed by atoms with Crippen molar-refractivity contribution in [2.24, 2.45) is 0 Å². The Balaban J connectivity index is 2.02. The molecule has 1 N–H and O–H groups in total. The molecule has 0 bridgehead atoms. The molecule has 2 rings (SSSR count). The predicted octanol–water partition coefficient (Wildman–Crippen LogP) is 2.26. The van der Waals surface area contributed by atoms with Crippen molar-refractivity contribution in [2.75, 3.05) is 0 Å². The molecule has 19 heavy (non-hydrogen) atoms. The van der Waals surface area contributed by atoms with Gasteiger partial charge in [0.25, 0.3) is 0 Å². The van der Waals surface area contributed by atoms with Crippen LogP contribution in [-0.2, 0) is 4.79 Å². The molecule has 0 aliphatic heterocycles. The Morgan fingerprint density at radius 1 is 1.58 bits per heavy atom. The number of aromatic nitrogens is 1. The molecule has 0 radical (unpaired) electrons. The molecular weight excluding hydrogens is 242 g/mol. The molecule has 96 valence electrons. The molecule has 5 heteroatoms. The largest absolute Gasteiger partial charge is 0.437 e. The molecule has 0 saturated heterocycles. The fourth-order valence-corrected chi connectivity index (χ4v) is 1.59. The summed E-state index contributed by atoms with van der Waals surface area (Å²) in [4.78, 5) is 15.8. The fraction of sp³-hybridized carbons (Fsp3) is 0.214. The molecule has 1 atom stereocenters. The summed E-state index contributed by atoms with van der Waals surface area (Å²) in [6, 6.07) is 9.20. The fourth-order valence-electron chi connectivity index (χ4n) is 1.59. The zero-order valence-corrected chi connectivity index (χ0v) is 10.5. The summed E-state index contributed by atoms with van der Waals surface area (Å²) in [6.45, 7) is 1.77. The van der Waals surface area contributed by atoms with Crippen molar-refractivity contribution in [2.45, 2.75) is 19.4 Å². The van der Waals surface area contributed by atoms with E-state index in [1.165, 1.54) is 12.2 Å². The summed E-state index contributed by atoms with van der Waals surface area (Å²) in [7, 11) is 0. The summed E-state index contributed by atoms with van der Waals surface area (Å²) < 4.78 is 5.44. The number of hydrogen-bond donors (Lipinski definition) is 1. The molecule has 1 unspecified atom stereocenters. The number of carbonyl (C=O) groups is 1. The van der Waals surface area contributed by atoms with Crippen LogP contribution in [0.25, 0.3) is 17.2 Å². The van der Waals surface area contributed by atoms with Crippen molar-refractivity contribution in [3.05, 3.63) is 36.2 Å². The van der Waals surface area contributed by atoms with Gasteiger partial charge in [0.1, 0.15) is 5.52 Å². The lowest BCUT2D eigenvalue weighted by molar-refractivity contribution is -0.116. The van der Waals surface area contributed by atoms with E-state index in [9.17, 15) is 4.79 Å². The van der Waals surface area contributed by atoms with Crippen LogP contribution in [0.3, 0.4) is 0 Å². The maximum Gasteiger partial charge on any atom is 0.244 e. The SMILES string of the molecule is CC(CC#N)NC(=O)/C=C/c1nc2ccccc2o1. The maximum absolute atomic E-state index is 11.5. The smallest absolute Gasteiger partial charge is 0.244 e. The van der Waals surface area contributed by atoms with Crippen molar-refractivity contribution >= 4 is 23.1 Å². The molecule has 0 saturated carbocycles. The number of carbonyl (C=O) groups excluding carboxylic acids is 1. The number of nitrogens with zero attached hydrogens (tertiary/aromatic N) is 2. The van der Waals surface area contributed by atoms with Crippen LogP contribution in [0.2, 0.25) is 0 Å². The van der Waals surface area contributed by atoms with Gasteiger partial charge < -0.3 is 9.73 Å². The number of fused-ring (bicyclic) bond motifs is 1. The van der Waals surface area contributed by atoms with Gasteiger partial charge in [-0.2, -0.15) is 5.26 Å². The van der Waals surface area contributed by atoms with Crippen LogP contribution < -0.4 is 5.32 Å². The van der Waals surface area contributed by atoms with E-state index in [-0.39, 0.29) is 18.4 Å². The third kappa shape index (κ3) is 3.42. The zero-order valence-electron chi connectivity index (χ0n) is 10.5. The second-order valence-corrected chi connectivity index (χ2v) is 4.13. The van der Waals surface area contributed by atoms with Gasteiger partial charge in [-0.25, -0.2) is 4.98 Å². The Morgan fingerprint density at radius 2 is 2.37 bits per heavy atom. The van der Waals surface area contributed by atoms with Gasteiger partial charge in [-0.1, -0.05) is 12.1 Å². The van der Waals surface area contributed by atoms with Gasteiger partial charge in [0.2, 0.25) is 11.8 Å². The monoisotopic (exact) mass is 255 g/mol. The Morgan fingerprint density at radius 3 is 3.11 bits per heavy atom. The number of benzene rings is 1. The highest BCUT2D eigenvalue weighted by molar-refractivity contribution is 5.91. The van der Waals surface area contributed by atoms with Crippen LogP contribution in [-0.4, -0.2) is 16.9 Å². The quantitative estimate of drug-likeness (QED) is 0.850. The molecule has 2 aromatic rings. The molecule has 1 heterocycles. The Hall–Kier alpha value is -2.61. The molecule has 1 aromatic carbocycles. The minimum Gasteiger partial charge on any atom is -0.437 e. The third-order valence-electron chi connectivity index (χ3n) is 2.47. The van der Waals surface area contributed by atoms with Crippen molar-refractivity contribution in [1.82, 2.24) is 10.3 Å². The molecule has 0 aliphatic carbocycles. The maximum atomic E-state index is 11.5. The normalized spacial score (nSPS) is 12.4. The molecule has 0 fully saturated rings. The standard InChI is InChI=1S/C14H13N3O2/c1-10(8-9-15)16-13(18)6-7-14-17-11-4-2-3-5-12(11)19-14/h2-7,10H,8H2,1H3,(H,16,18)/b7-6+. The van der Waals surface area contributed by atoms with E-state index in [1.54, 1.807) is 6.92 Å². The van der Waals surface area contributed by atoms with Gasteiger partial charge >= 0.3 is 0 Å². The van der Waals surface area contributed by atoms with E-state index in [0.29, 0.717) is 11.5 Å². The van der Waals surface area contributed by atoms with Gasteiger partial charge in [-0.05, 0) is 19.1 Å². The lowest BCUT2D eigenvalue weighted by atomic mass is 10.2. The highest BCUT2D eigenvalue weighted by Gasteiger charge is 2.05. The molecular formula is C14H13N3O2.